The Morgan fingerprint density at radius 2 is 1.94 bits per heavy atom. The average Bonchev–Trinajstić information content (AvgIpc) is 3.56. The third-order valence-corrected chi connectivity index (χ3v) is 11.2. The SMILES string of the molecule is COc1cc(C(=O)NCC(O)(c2cc3c(c(-c4cc(Cl)c(F)cc4F)n2)OC[C@]3(C)C(N)=O)c2cc3ccccc3s2)cc2cn(C3CC3)nc12. The van der Waals surface area contributed by atoms with E-state index in [2.05, 4.69) is 10.4 Å². The number of nitrogens with one attached hydrogen (secondary N) is 1. The van der Waals surface area contributed by atoms with Crippen LogP contribution < -0.4 is 20.5 Å². The van der Waals surface area contributed by atoms with Gasteiger partial charge in [-0.1, -0.05) is 29.8 Å². The van der Waals surface area contributed by atoms with Crippen LogP contribution in [0.5, 0.6) is 11.5 Å². The molecule has 1 unspecified atom stereocenters. The Morgan fingerprint density at radius 3 is 2.67 bits per heavy atom. The van der Waals surface area contributed by atoms with Crippen molar-refractivity contribution >= 4 is 55.7 Å². The zero-order chi connectivity index (χ0) is 35.8. The van der Waals surface area contributed by atoms with E-state index in [4.69, 9.17) is 31.8 Å². The number of carbonyl (C=O) groups excluding carboxylic acids is 2. The van der Waals surface area contributed by atoms with Gasteiger partial charge in [-0.3, -0.25) is 14.3 Å². The highest BCUT2D eigenvalue weighted by atomic mass is 35.5. The minimum absolute atomic E-state index is 0.0384. The maximum absolute atomic E-state index is 15.5. The number of aromatic nitrogens is 3. The monoisotopic (exact) mass is 729 g/mol. The molecule has 3 aromatic heterocycles. The lowest BCUT2D eigenvalue weighted by Crippen LogP contribution is -2.43. The molecule has 4 heterocycles. The van der Waals surface area contributed by atoms with Crippen molar-refractivity contribution in [1.29, 1.82) is 0 Å². The van der Waals surface area contributed by atoms with E-state index in [0.29, 0.717) is 28.3 Å². The summed E-state index contributed by atoms with van der Waals surface area (Å²) in [6, 6.07) is 16.1. The molecule has 1 saturated carbocycles. The lowest BCUT2D eigenvalue weighted by atomic mass is 9.81. The first-order chi connectivity index (χ1) is 24.4. The standard InChI is InChI=1S/C37H30ClF2N5O5S/c1-36(35(41)47)17-50-33-23(36)13-29(43-32(33)22-12-24(38)26(40)14-25(22)39)37(48,30-11-18-5-3-4-6-28(18)51-30)16-42-34(46)19-9-20-15-45(21-7-8-21)44-31(20)27(10-19)49-2/h3-6,9-15,21,48H,7-8,16-17H2,1-2H3,(H2,41,47)(H,42,46)/t36-,37?/m0/s1. The second-order valence-electron chi connectivity index (χ2n) is 13.1. The molecule has 260 valence electrons. The number of benzene rings is 3. The fraction of sp³-hybridized carbons (Fsp3) is 0.243. The number of pyridine rings is 1. The molecule has 10 nitrogen and oxygen atoms in total. The molecule has 1 aliphatic carbocycles. The van der Waals surface area contributed by atoms with Gasteiger partial charge in [0, 0.05) is 43.9 Å². The summed E-state index contributed by atoms with van der Waals surface area (Å²) in [6.07, 6.45) is 3.95. The van der Waals surface area contributed by atoms with Crippen molar-refractivity contribution in [3.05, 3.63) is 105 Å². The first-order valence-corrected chi connectivity index (χ1v) is 17.3. The number of methoxy groups -OCH3 is 1. The van der Waals surface area contributed by atoms with E-state index in [0.717, 1.165) is 34.4 Å². The molecule has 2 atom stereocenters. The Morgan fingerprint density at radius 1 is 1.16 bits per heavy atom. The lowest BCUT2D eigenvalue weighted by Gasteiger charge is -2.29. The molecule has 8 rings (SSSR count). The van der Waals surface area contributed by atoms with Crippen molar-refractivity contribution in [1.82, 2.24) is 20.1 Å². The minimum atomic E-state index is -2.05. The highest BCUT2D eigenvalue weighted by Gasteiger charge is 2.46. The van der Waals surface area contributed by atoms with Gasteiger partial charge in [-0.2, -0.15) is 5.10 Å². The maximum Gasteiger partial charge on any atom is 0.251 e. The molecule has 2 amide bonds. The van der Waals surface area contributed by atoms with Gasteiger partial charge in [-0.15, -0.1) is 11.3 Å². The molecule has 51 heavy (non-hydrogen) atoms. The summed E-state index contributed by atoms with van der Waals surface area (Å²) in [7, 11) is 1.50. The number of halogens is 3. The number of primary amides is 1. The normalized spacial score (nSPS) is 18.0. The van der Waals surface area contributed by atoms with Gasteiger partial charge < -0.3 is 25.6 Å². The number of hydrogen-bond acceptors (Lipinski definition) is 8. The van der Waals surface area contributed by atoms with Crippen molar-refractivity contribution in [3.63, 3.8) is 0 Å². The quantitative estimate of drug-likeness (QED) is 0.147. The average molecular weight is 730 g/mol. The first-order valence-electron chi connectivity index (χ1n) is 16.1. The van der Waals surface area contributed by atoms with Crippen LogP contribution in [-0.4, -0.2) is 51.9 Å². The molecular weight excluding hydrogens is 700 g/mol. The number of aliphatic hydroxyl groups is 1. The number of nitrogens with zero attached hydrogens (tertiary/aromatic N) is 3. The third-order valence-electron chi connectivity index (χ3n) is 9.64. The van der Waals surface area contributed by atoms with Crippen LogP contribution in [0.25, 0.3) is 32.2 Å². The topological polar surface area (TPSA) is 142 Å². The zero-order valence-corrected chi connectivity index (χ0v) is 28.9. The molecule has 14 heteroatoms. The van der Waals surface area contributed by atoms with Crippen LogP contribution in [0.1, 0.15) is 52.3 Å². The molecule has 3 aromatic carbocycles. The van der Waals surface area contributed by atoms with Gasteiger partial charge in [-0.05, 0) is 61.5 Å². The van der Waals surface area contributed by atoms with Crippen LogP contribution in [0.15, 0.2) is 66.9 Å². The summed E-state index contributed by atoms with van der Waals surface area (Å²) >= 11 is 7.37. The van der Waals surface area contributed by atoms with E-state index in [1.165, 1.54) is 24.5 Å². The molecule has 6 aromatic rings. The van der Waals surface area contributed by atoms with Crippen molar-refractivity contribution in [3.8, 4) is 22.8 Å². The first kappa shape index (κ1) is 33.1. The van der Waals surface area contributed by atoms with E-state index < -0.39 is 41.0 Å². The third kappa shape index (κ3) is 5.47. The summed E-state index contributed by atoms with van der Waals surface area (Å²) < 4.78 is 44.0. The Kier molecular flexibility index (Phi) is 7.78. The summed E-state index contributed by atoms with van der Waals surface area (Å²) in [5, 5.41) is 21.5. The van der Waals surface area contributed by atoms with Gasteiger partial charge in [0.1, 0.15) is 46.4 Å². The van der Waals surface area contributed by atoms with Gasteiger partial charge in [0.25, 0.3) is 5.91 Å². The van der Waals surface area contributed by atoms with Gasteiger partial charge in [0.15, 0.2) is 5.60 Å². The molecule has 1 aliphatic heterocycles. The van der Waals surface area contributed by atoms with E-state index >= 15 is 4.39 Å². The van der Waals surface area contributed by atoms with Gasteiger partial charge >= 0.3 is 0 Å². The lowest BCUT2D eigenvalue weighted by molar-refractivity contribution is -0.123. The second kappa shape index (κ2) is 12.0. The van der Waals surface area contributed by atoms with Crippen LogP contribution in [0.2, 0.25) is 5.02 Å². The smallest absolute Gasteiger partial charge is 0.251 e. The predicted octanol–water partition coefficient (Wildman–Crippen LogP) is 6.39. The van der Waals surface area contributed by atoms with Crippen LogP contribution in [0.4, 0.5) is 8.78 Å². The highest BCUT2D eigenvalue weighted by molar-refractivity contribution is 7.19. The van der Waals surface area contributed by atoms with Crippen molar-refractivity contribution in [2.24, 2.45) is 5.73 Å². The molecule has 0 radical (unpaired) electrons. The largest absolute Gasteiger partial charge is 0.494 e. The van der Waals surface area contributed by atoms with Gasteiger partial charge in [-0.25, -0.2) is 13.8 Å². The molecule has 2 aliphatic rings. The number of fused-ring (bicyclic) bond motifs is 3. The highest BCUT2D eigenvalue weighted by Crippen LogP contribution is 2.48. The zero-order valence-electron chi connectivity index (χ0n) is 27.3. The summed E-state index contributed by atoms with van der Waals surface area (Å²) in [5.74, 6) is -2.75. The van der Waals surface area contributed by atoms with Crippen LogP contribution in [-0.2, 0) is 15.8 Å². The number of nitrogens with two attached hydrogens (primary N) is 1. The number of amides is 2. The Balaban J connectivity index is 1.27. The maximum atomic E-state index is 15.5. The predicted molar refractivity (Wildman–Crippen MR) is 188 cm³/mol. The molecule has 0 saturated heterocycles. The van der Waals surface area contributed by atoms with Crippen molar-refractivity contribution in [2.45, 2.75) is 36.8 Å². The number of thiophene rings is 1. The van der Waals surface area contributed by atoms with Crippen LogP contribution in [0.3, 0.4) is 0 Å². The van der Waals surface area contributed by atoms with Gasteiger partial charge in [0.2, 0.25) is 5.91 Å². The Bertz CT molecular complexity index is 2400. The van der Waals surface area contributed by atoms with E-state index in [1.807, 2.05) is 35.1 Å². The second-order valence-corrected chi connectivity index (χ2v) is 14.6. The number of hydrogen-bond donors (Lipinski definition) is 3. The fourth-order valence-corrected chi connectivity index (χ4v) is 7.74. The number of ether oxygens (including phenoxy) is 2. The summed E-state index contributed by atoms with van der Waals surface area (Å²) in [5.41, 5.74) is 3.17. The van der Waals surface area contributed by atoms with Gasteiger partial charge in [0.05, 0.1) is 30.4 Å². The van der Waals surface area contributed by atoms with Crippen molar-refractivity contribution in [2.75, 3.05) is 20.3 Å². The van der Waals surface area contributed by atoms with E-state index in [-0.39, 0.29) is 45.5 Å². The fourth-order valence-electron chi connectivity index (χ4n) is 6.42. The summed E-state index contributed by atoms with van der Waals surface area (Å²) in [6.45, 7) is 0.982. The Hall–Kier alpha value is -5.11. The van der Waals surface area contributed by atoms with Crippen LogP contribution in [0, 0.1) is 11.6 Å². The molecule has 0 bridgehead atoms. The molecule has 0 spiro atoms. The molecule has 1 fully saturated rings. The summed E-state index contributed by atoms with van der Waals surface area (Å²) in [4.78, 5) is 31.8. The Labute approximate surface area is 298 Å². The van der Waals surface area contributed by atoms with Crippen LogP contribution >= 0.6 is 22.9 Å². The molecular formula is C37H30ClF2N5O5S. The van der Waals surface area contributed by atoms with E-state index in [1.54, 1.807) is 25.1 Å². The number of rotatable bonds is 9. The number of carbonyl (C=O) groups is 2. The van der Waals surface area contributed by atoms with E-state index in [9.17, 15) is 19.1 Å². The minimum Gasteiger partial charge on any atom is -0.494 e. The molecule has 4 N–H and O–H groups in total. The van der Waals surface area contributed by atoms with Crippen molar-refractivity contribution < 1.29 is 33.0 Å².